The van der Waals surface area contributed by atoms with E-state index in [0.29, 0.717) is 5.92 Å². The van der Waals surface area contributed by atoms with Gasteiger partial charge in [-0.05, 0) is 49.8 Å². The number of benzene rings is 1. The summed E-state index contributed by atoms with van der Waals surface area (Å²) in [5.41, 5.74) is 4.30. The first kappa shape index (κ1) is 15.0. The van der Waals surface area contributed by atoms with Crippen molar-refractivity contribution in [1.29, 1.82) is 0 Å². The van der Waals surface area contributed by atoms with Gasteiger partial charge in [0.25, 0.3) is 0 Å². The number of nitrogens with two attached hydrogens (primary N) is 1. The van der Waals surface area contributed by atoms with E-state index in [1.807, 2.05) is 0 Å². The Kier molecular flexibility index (Phi) is 4.45. The number of nitrogen functional groups attached to an aromatic ring is 1. The van der Waals surface area contributed by atoms with Gasteiger partial charge in [-0.15, -0.1) is 0 Å². The molecule has 5 heteroatoms. The molecular weight excluding hydrogens is 267 g/mol. The third-order valence-corrected chi connectivity index (χ3v) is 3.98. The van der Waals surface area contributed by atoms with Crippen LogP contribution < -0.4 is 10.5 Å². The smallest absolute Gasteiger partial charge is 0.418 e. The molecule has 2 atom stereocenters. The molecule has 0 saturated heterocycles. The second kappa shape index (κ2) is 5.94. The molecule has 0 heterocycles. The van der Waals surface area contributed by atoms with E-state index in [4.69, 9.17) is 10.5 Å². The summed E-state index contributed by atoms with van der Waals surface area (Å²) in [5, 5.41) is 0. The summed E-state index contributed by atoms with van der Waals surface area (Å²) in [4.78, 5) is 0. The van der Waals surface area contributed by atoms with E-state index in [1.54, 1.807) is 0 Å². The summed E-state index contributed by atoms with van der Waals surface area (Å²) in [6, 6.07) is 3.80. The molecular formula is C15H20F3NO. The summed E-state index contributed by atoms with van der Waals surface area (Å²) in [6.45, 7) is 2.09. The van der Waals surface area contributed by atoms with Crippen molar-refractivity contribution >= 4 is 5.69 Å². The molecule has 1 fully saturated rings. The fraction of sp³-hybridized carbons (Fsp3) is 0.600. The summed E-state index contributed by atoms with van der Waals surface area (Å²) < 4.78 is 44.2. The lowest BCUT2D eigenvalue weighted by Gasteiger charge is -2.31. The molecule has 0 spiro atoms. The van der Waals surface area contributed by atoms with E-state index in [1.165, 1.54) is 18.6 Å². The molecule has 0 radical (unpaired) electrons. The highest BCUT2D eigenvalue weighted by Crippen LogP contribution is 2.37. The maximum absolute atomic E-state index is 12.8. The van der Waals surface area contributed by atoms with Gasteiger partial charge in [-0.25, -0.2) is 0 Å². The van der Waals surface area contributed by atoms with Gasteiger partial charge in [0.15, 0.2) is 0 Å². The van der Waals surface area contributed by atoms with Crippen LogP contribution in [-0.2, 0) is 6.18 Å². The predicted octanol–water partition coefficient (Wildman–Crippen LogP) is 4.64. The lowest BCUT2D eigenvalue weighted by atomic mass is 9.85. The Labute approximate surface area is 117 Å². The van der Waals surface area contributed by atoms with E-state index in [9.17, 15) is 13.2 Å². The van der Waals surface area contributed by atoms with Gasteiger partial charge in [-0.3, -0.25) is 0 Å². The average Bonchev–Trinajstić information content (AvgIpc) is 2.40. The molecule has 0 amide bonds. The highest BCUT2D eigenvalue weighted by Gasteiger charge is 2.34. The molecule has 0 bridgehead atoms. The summed E-state index contributed by atoms with van der Waals surface area (Å²) >= 11 is 0. The SMILES string of the molecule is CCC1CCCCC1Oc1ccc(N)c(C(F)(F)F)c1. The van der Waals surface area contributed by atoms with Crippen LogP contribution in [-0.4, -0.2) is 6.10 Å². The maximum atomic E-state index is 12.8. The van der Waals surface area contributed by atoms with Gasteiger partial charge in [0, 0.05) is 5.69 Å². The Morgan fingerprint density at radius 3 is 2.60 bits per heavy atom. The molecule has 1 aliphatic carbocycles. The first-order chi connectivity index (χ1) is 9.41. The number of hydrogen-bond donors (Lipinski definition) is 1. The van der Waals surface area contributed by atoms with Crippen LogP contribution in [0.3, 0.4) is 0 Å². The van der Waals surface area contributed by atoms with Gasteiger partial charge >= 0.3 is 6.18 Å². The molecule has 2 unspecified atom stereocenters. The third kappa shape index (κ3) is 3.38. The Bertz CT molecular complexity index is 459. The van der Waals surface area contributed by atoms with Gasteiger partial charge in [-0.1, -0.05) is 13.3 Å². The van der Waals surface area contributed by atoms with Crippen LogP contribution >= 0.6 is 0 Å². The lowest BCUT2D eigenvalue weighted by molar-refractivity contribution is -0.137. The van der Waals surface area contributed by atoms with Crippen LogP contribution in [0.4, 0.5) is 18.9 Å². The monoisotopic (exact) mass is 287 g/mol. The Morgan fingerprint density at radius 2 is 1.95 bits per heavy atom. The minimum absolute atomic E-state index is 0.0125. The minimum Gasteiger partial charge on any atom is -0.490 e. The zero-order chi connectivity index (χ0) is 14.8. The first-order valence-corrected chi connectivity index (χ1v) is 7.05. The van der Waals surface area contributed by atoms with Crippen LogP contribution in [0.2, 0.25) is 0 Å². The average molecular weight is 287 g/mol. The Hall–Kier alpha value is -1.39. The van der Waals surface area contributed by atoms with Crippen molar-refractivity contribution in [2.45, 2.75) is 51.3 Å². The quantitative estimate of drug-likeness (QED) is 0.822. The molecule has 1 aromatic rings. The second-order valence-corrected chi connectivity index (χ2v) is 5.36. The first-order valence-electron chi connectivity index (χ1n) is 7.05. The van der Waals surface area contributed by atoms with E-state index < -0.39 is 11.7 Å². The van der Waals surface area contributed by atoms with E-state index in [2.05, 4.69) is 6.92 Å². The zero-order valence-electron chi connectivity index (χ0n) is 11.5. The van der Waals surface area contributed by atoms with Crippen LogP contribution in [0.1, 0.15) is 44.6 Å². The number of rotatable bonds is 3. The summed E-state index contributed by atoms with van der Waals surface area (Å²) in [6.07, 6.45) is 0.799. The van der Waals surface area contributed by atoms with Gasteiger partial charge in [0.1, 0.15) is 11.9 Å². The van der Waals surface area contributed by atoms with E-state index in [-0.39, 0.29) is 17.5 Å². The van der Waals surface area contributed by atoms with Gasteiger partial charge in [-0.2, -0.15) is 13.2 Å². The number of ether oxygens (including phenoxy) is 1. The lowest BCUT2D eigenvalue weighted by Crippen LogP contribution is -2.30. The topological polar surface area (TPSA) is 35.2 Å². The molecule has 0 aliphatic heterocycles. The van der Waals surface area contributed by atoms with E-state index >= 15 is 0 Å². The van der Waals surface area contributed by atoms with Crippen molar-refractivity contribution < 1.29 is 17.9 Å². The molecule has 0 aromatic heterocycles. The number of alkyl halides is 3. The molecule has 2 nitrogen and oxygen atoms in total. The molecule has 1 aliphatic rings. The molecule has 2 rings (SSSR count). The fourth-order valence-electron chi connectivity index (χ4n) is 2.82. The van der Waals surface area contributed by atoms with Gasteiger partial charge in [0.05, 0.1) is 5.56 Å². The standard InChI is InChI=1S/C15H20F3NO/c1-2-10-5-3-4-6-14(10)20-11-7-8-13(19)12(9-11)15(16,17)18/h7-10,14H,2-6,19H2,1H3. The van der Waals surface area contributed by atoms with E-state index in [0.717, 1.165) is 31.7 Å². The van der Waals surface area contributed by atoms with Crippen molar-refractivity contribution in [3.05, 3.63) is 23.8 Å². The van der Waals surface area contributed by atoms with Crippen LogP contribution in [0, 0.1) is 5.92 Å². The summed E-state index contributed by atoms with van der Waals surface area (Å²) in [5.74, 6) is 0.688. The molecule has 1 aromatic carbocycles. The molecule has 112 valence electrons. The number of hydrogen-bond acceptors (Lipinski definition) is 2. The Balaban J connectivity index is 2.17. The van der Waals surface area contributed by atoms with Crippen molar-refractivity contribution in [2.75, 3.05) is 5.73 Å². The fourth-order valence-corrected chi connectivity index (χ4v) is 2.82. The van der Waals surface area contributed by atoms with Crippen LogP contribution in [0.5, 0.6) is 5.75 Å². The highest BCUT2D eigenvalue weighted by molar-refractivity contribution is 5.52. The predicted molar refractivity (Wildman–Crippen MR) is 72.5 cm³/mol. The molecule has 1 saturated carbocycles. The van der Waals surface area contributed by atoms with Gasteiger partial charge < -0.3 is 10.5 Å². The Morgan fingerprint density at radius 1 is 1.25 bits per heavy atom. The summed E-state index contributed by atoms with van der Waals surface area (Å²) in [7, 11) is 0. The van der Waals surface area contributed by atoms with Crippen LogP contribution in [0.15, 0.2) is 18.2 Å². The van der Waals surface area contributed by atoms with Crippen LogP contribution in [0.25, 0.3) is 0 Å². The maximum Gasteiger partial charge on any atom is 0.418 e. The number of halogens is 3. The van der Waals surface area contributed by atoms with Crippen molar-refractivity contribution in [1.82, 2.24) is 0 Å². The normalized spacial score (nSPS) is 23.6. The van der Waals surface area contributed by atoms with Gasteiger partial charge in [0.2, 0.25) is 0 Å². The molecule has 20 heavy (non-hydrogen) atoms. The van der Waals surface area contributed by atoms with Crippen molar-refractivity contribution in [2.24, 2.45) is 5.92 Å². The second-order valence-electron chi connectivity index (χ2n) is 5.36. The van der Waals surface area contributed by atoms with Crippen molar-refractivity contribution in [3.8, 4) is 5.75 Å². The third-order valence-electron chi connectivity index (χ3n) is 3.98. The number of anilines is 1. The molecule has 2 N–H and O–H groups in total. The highest BCUT2D eigenvalue weighted by atomic mass is 19.4. The minimum atomic E-state index is -4.44. The zero-order valence-corrected chi connectivity index (χ0v) is 11.5. The largest absolute Gasteiger partial charge is 0.490 e. The van der Waals surface area contributed by atoms with Crippen molar-refractivity contribution in [3.63, 3.8) is 0 Å².